The molecule has 14 heavy (non-hydrogen) atoms. The van der Waals surface area contributed by atoms with E-state index in [9.17, 15) is 0 Å². The number of nitrogens with zero attached hydrogens (tertiary/aromatic N) is 2. The van der Waals surface area contributed by atoms with E-state index in [1.165, 1.54) is 0 Å². The van der Waals surface area contributed by atoms with Gasteiger partial charge in [-0.2, -0.15) is 4.98 Å². The molecular formula is C10H18N4. The van der Waals surface area contributed by atoms with Gasteiger partial charge in [0, 0.05) is 12.2 Å². The zero-order valence-corrected chi connectivity index (χ0v) is 8.83. The molecule has 0 aliphatic carbocycles. The van der Waals surface area contributed by atoms with Crippen molar-refractivity contribution in [2.24, 2.45) is 0 Å². The molecular weight excluding hydrogens is 176 g/mol. The summed E-state index contributed by atoms with van der Waals surface area (Å²) in [5.41, 5.74) is 5.56. The van der Waals surface area contributed by atoms with Crippen molar-refractivity contribution in [3.8, 4) is 0 Å². The predicted molar refractivity (Wildman–Crippen MR) is 59.1 cm³/mol. The molecule has 0 bridgehead atoms. The molecule has 0 amide bonds. The lowest BCUT2D eigenvalue weighted by molar-refractivity contribution is 0.618. The van der Waals surface area contributed by atoms with Crippen molar-refractivity contribution in [3.63, 3.8) is 0 Å². The maximum Gasteiger partial charge on any atom is 0.224 e. The lowest BCUT2D eigenvalue weighted by Crippen LogP contribution is -2.19. The number of hydrogen-bond donors (Lipinski definition) is 2. The zero-order chi connectivity index (χ0) is 10.4. The second-order valence-corrected chi connectivity index (χ2v) is 3.34. The molecule has 0 fully saturated rings. The minimum absolute atomic E-state index is 0.446. The number of anilines is 2. The molecule has 0 spiro atoms. The molecule has 1 unspecified atom stereocenters. The van der Waals surface area contributed by atoms with Gasteiger partial charge in [0.05, 0.1) is 0 Å². The Morgan fingerprint density at radius 1 is 1.50 bits per heavy atom. The number of rotatable bonds is 5. The number of nitrogens with one attached hydrogen (secondary N) is 1. The largest absolute Gasteiger partial charge is 0.384 e. The Kier molecular flexibility index (Phi) is 4.16. The first-order chi connectivity index (χ1) is 6.76. The third kappa shape index (κ3) is 3.20. The van der Waals surface area contributed by atoms with E-state index < -0.39 is 0 Å². The van der Waals surface area contributed by atoms with Gasteiger partial charge >= 0.3 is 0 Å². The van der Waals surface area contributed by atoms with E-state index in [0.717, 1.165) is 19.3 Å². The molecule has 0 radical (unpaired) electrons. The third-order valence-electron chi connectivity index (χ3n) is 2.14. The molecule has 0 aliphatic heterocycles. The van der Waals surface area contributed by atoms with Gasteiger partial charge in [-0.05, 0) is 18.9 Å². The summed E-state index contributed by atoms with van der Waals surface area (Å²) in [5.74, 6) is 1.14. The average molecular weight is 194 g/mol. The van der Waals surface area contributed by atoms with Crippen LogP contribution in [0.2, 0.25) is 0 Å². The van der Waals surface area contributed by atoms with Crippen LogP contribution in [-0.2, 0) is 0 Å². The monoisotopic (exact) mass is 194 g/mol. The van der Waals surface area contributed by atoms with Crippen molar-refractivity contribution < 1.29 is 0 Å². The molecule has 0 saturated carbocycles. The minimum atomic E-state index is 0.446. The quantitative estimate of drug-likeness (QED) is 0.753. The van der Waals surface area contributed by atoms with Gasteiger partial charge in [-0.25, -0.2) is 4.98 Å². The molecule has 1 heterocycles. The molecule has 1 aromatic heterocycles. The maximum absolute atomic E-state index is 5.56. The Labute approximate surface area is 85.0 Å². The highest BCUT2D eigenvalue weighted by molar-refractivity contribution is 5.35. The Bertz CT molecular complexity index is 275. The fourth-order valence-electron chi connectivity index (χ4n) is 1.35. The van der Waals surface area contributed by atoms with Crippen molar-refractivity contribution in [1.82, 2.24) is 9.97 Å². The van der Waals surface area contributed by atoms with E-state index in [1.54, 1.807) is 12.3 Å². The predicted octanol–water partition coefficient (Wildman–Crippen LogP) is 2.05. The first kappa shape index (κ1) is 10.8. The highest BCUT2D eigenvalue weighted by Crippen LogP contribution is 2.09. The standard InChI is InChI=1S/C10H18N4/c1-3-5-8(4-2)13-10-12-7-6-9(11)14-10/h6-8H,3-5H2,1-2H3,(H3,11,12,13,14). The Hall–Kier alpha value is -1.32. The first-order valence-electron chi connectivity index (χ1n) is 5.11. The molecule has 4 nitrogen and oxygen atoms in total. The smallest absolute Gasteiger partial charge is 0.224 e. The van der Waals surface area contributed by atoms with E-state index in [4.69, 9.17) is 5.73 Å². The van der Waals surface area contributed by atoms with Gasteiger partial charge in [0.25, 0.3) is 0 Å². The fraction of sp³-hybridized carbons (Fsp3) is 0.600. The van der Waals surface area contributed by atoms with Crippen molar-refractivity contribution in [2.75, 3.05) is 11.1 Å². The van der Waals surface area contributed by atoms with E-state index in [1.807, 2.05) is 0 Å². The number of hydrogen-bond acceptors (Lipinski definition) is 4. The van der Waals surface area contributed by atoms with Crippen molar-refractivity contribution in [2.45, 2.75) is 39.2 Å². The highest BCUT2D eigenvalue weighted by Gasteiger charge is 2.05. The Balaban J connectivity index is 2.57. The summed E-state index contributed by atoms with van der Waals surface area (Å²) in [6.07, 6.45) is 5.04. The van der Waals surface area contributed by atoms with Crippen LogP contribution in [0.3, 0.4) is 0 Å². The summed E-state index contributed by atoms with van der Waals surface area (Å²) in [5, 5.41) is 3.27. The van der Waals surface area contributed by atoms with Crippen LogP contribution in [-0.4, -0.2) is 16.0 Å². The van der Waals surface area contributed by atoms with Gasteiger partial charge in [0.15, 0.2) is 0 Å². The number of aromatic nitrogens is 2. The molecule has 1 rings (SSSR count). The van der Waals surface area contributed by atoms with Gasteiger partial charge in [-0.15, -0.1) is 0 Å². The van der Waals surface area contributed by atoms with Crippen LogP contribution in [0.15, 0.2) is 12.3 Å². The summed E-state index contributed by atoms with van der Waals surface area (Å²) < 4.78 is 0. The van der Waals surface area contributed by atoms with Gasteiger partial charge in [-0.1, -0.05) is 20.3 Å². The van der Waals surface area contributed by atoms with Gasteiger partial charge < -0.3 is 11.1 Å². The SMILES string of the molecule is CCCC(CC)Nc1nccc(N)n1. The van der Waals surface area contributed by atoms with Crippen LogP contribution in [0, 0.1) is 0 Å². The minimum Gasteiger partial charge on any atom is -0.384 e. The molecule has 0 saturated heterocycles. The highest BCUT2D eigenvalue weighted by atomic mass is 15.1. The van der Waals surface area contributed by atoms with E-state index in [-0.39, 0.29) is 0 Å². The van der Waals surface area contributed by atoms with Crippen molar-refractivity contribution in [1.29, 1.82) is 0 Å². The van der Waals surface area contributed by atoms with E-state index >= 15 is 0 Å². The van der Waals surface area contributed by atoms with Crippen molar-refractivity contribution >= 4 is 11.8 Å². The molecule has 4 heteroatoms. The average Bonchev–Trinajstić information content (AvgIpc) is 2.17. The van der Waals surface area contributed by atoms with Crippen LogP contribution in [0.5, 0.6) is 0 Å². The number of nitrogens with two attached hydrogens (primary N) is 1. The van der Waals surface area contributed by atoms with Gasteiger partial charge in [0.2, 0.25) is 5.95 Å². The topological polar surface area (TPSA) is 63.8 Å². The molecule has 78 valence electrons. The van der Waals surface area contributed by atoms with Crippen molar-refractivity contribution in [3.05, 3.63) is 12.3 Å². The summed E-state index contributed by atoms with van der Waals surface area (Å²) in [7, 11) is 0. The van der Waals surface area contributed by atoms with Crippen LogP contribution in [0.25, 0.3) is 0 Å². The van der Waals surface area contributed by atoms with Crippen LogP contribution in [0.4, 0.5) is 11.8 Å². The Morgan fingerprint density at radius 3 is 2.86 bits per heavy atom. The lowest BCUT2D eigenvalue weighted by Gasteiger charge is -2.15. The molecule has 1 atom stereocenters. The molecule has 0 aromatic carbocycles. The fourth-order valence-corrected chi connectivity index (χ4v) is 1.35. The molecule has 3 N–H and O–H groups in total. The van der Waals surface area contributed by atoms with E-state index in [0.29, 0.717) is 17.8 Å². The second-order valence-electron chi connectivity index (χ2n) is 3.34. The van der Waals surface area contributed by atoms with Crippen LogP contribution >= 0.6 is 0 Å². The summed E-state index contributed by atoms with van der Waals surface area (Å²) in [4.78, 5) is 8.21. The van der Waals surface area contributed by atoms with Crippen LogP contribution < -0.4 is 11.1 Å². The summed E-state index contributed by atoms with van der Waals surface area (Å²) >= 11 is 0. The third-order valence-corrected chi connectivity index (χ3v) is 2.14. The second kappa shape index (κ2) is 5.42. The molecule has 1 aromatic rings. The lowest BCUT2D eigenvalue weighted by atomic mass is 10.1. The number of nitrogen functional groups attached to an aromatic ring is 1. The normalized spacial score (nSPS) is 12.4. The zero-order valence-electron chi connectivity index (χ0n) is 8.83. The van der Waals surface area contributed by atoms with Gasteiger partial charge in [-0.3, -0.25) is 0 Å². The first-order valence-corrected chi connectivity index (χ1v) is 5.11. The molecule has 0 aliphatic rings. The Morgan fingerprint density at radius 2 is 2.29 bits per heavy atom. The van der Waals surface area contributed by atoms with E-state index in [2.05, 4.69) is 29.1 Å². The van der Waals surface area contributed by atoms with Crippen LogP contribution in [0.1, 0.15) is 33.1 Å². The summed E-state index contributed by atoms with van der Waals surface area (Å²) in [6, 6.07) is 2.13. The summed E-state index contributed by atoms with van der Waals surface area (Å²) in [6.45, 7) is 4.32. The maximum atomic E-state index is 5.56. The van der Waals surface area contributed by atoms with Gasteiger partial charge in [0.1, 0.15) is 5.82 Å².